The third kappa shape index (κ3) is 4.90. The zero-order valence-corrected chi connectivity index (χ0v) is 24.0. The van der Waals surface area contributed by atoms with Gasteiger partial charge in [-0.05, 0) is 57.7 Å². The summed E-state index contributed by atoms with van der Waals surface area (Å²) in [6.45, 7) is 7.10. The lowest BCUT2D eigenvalue weighted by molar-refractivity contribution is 0.0425. The van der Waals surface area contributed by atoms with Crippen molar-refractivity contribution in [1.29, 1.82) is 0 Å². The number of nitrogens with one attached hydrogen (secondary N) is 1. The first-order valence-electron chi connectivity index (χ1n) is 13.1. The number of anilines is 2. The zero-order chi connectivity index (χ0) is 28.1. The highest BCUT2D eigenvalue weighted by Gasteiger charge is 2.50. The second kappa shape index (κ2) is 10.1. The summed E-state index contributed by atoms with van der Waals surface area (Å²) in [5.41, 5.74) is 7.93. The molecule has 5 heterocycles. The lowest BCUT2D eigenvalue weighted by Gasteiger charge is -2.43. The van der Waals surface area contributed by atoms with Crippen molar-refractivity contribution in [1.82, 2.24) is 34.9 Å². The molecular formula is C27H30ClN9O2S. The van der Waals surface area contributed by atoms with Crippen LogP contribution in [-0.4, -0.2) is 54.3 Å². The van der Waals surface area contributed by atoms with Crippen molar-refractivity contribution < 1.29 is 9.53 Å². The highest BCUT2D eigenvalue weighted by molar-refractivity contribution is 7.99. The molecule has 208 valence electrons. The number of amides is 1. The van der Waals surface area contributed by atoms with Gasteiger partial charge >= 0.3 is 6.09 Å². The predicted octanol–water partition coefficient (Wildman–Crippen LogP) is 4.71. The number of nitrogen functional groups attached to an aromatic ring is 1. The Kier molecular flexibility index (Phi) is 6.70. The Morgan fingerprint density at radius 3 is 2.75 bits per heavy atom. The predicted molar refractivity (Wildman–Crippen MR) is 152 cm³/mol. The molecule has 6 rings (SSSR count). The zero-order valence-electron chi connectivity index (χ0n) is 22.5. The molecule has 2 aliphatic rings. The number of nitrogens with zero attached hydrogens (tertiary/aromatic N) is 7. The lowest BCUT2D eigenvalue weighted by atomic mass is 9.73. The van der Waals surface area contributed by atoms with Crippen molar-refractivity contribution in [2.45, 2.75) is 61.5 Å². The molecule has 1 atom stereocenters. The van der Waals surface area contributed by atoms with Crippen LogP contribution in [0.2, 0.25) is 5.02 Å². The summed E-state index contributed by atoms with van der Waals surface area (Å²) < 4.78 is 7.51. The van der Waals surface area contributed by atoms with Crippen LogP contribution in [0.4, 0.5) is 16.6 Å². The summed E-state index contributed by atoms with van der Waals surface area (Å²) in [6, 6.07) is 5.65. The average molecular weight is 580 g/mol. The quantitative estimate of drug-likeness (QED) is 0.350. The number of piperidine rings is 1. The van der Waals surface area contributed by atoms with Crippen molar-refractivity contribution in [2.24, 2.45) is 5.41 Å². The number of nitrogens with two attached hydrogens (primary N) is 1. The topological polar surface area (TPSA) is 136 Å². The number of hydrogen-bond acceptors (Lipinski definition) is 10. The van der Waals surface area contributed by atoms with E-state index >= 15 is 0 Å². The Balaban J connectivity index is 1.24. The van der Waals surface area contributed by atoms with Gasteiger partial charge in [0.15, 0.2) is 5.65 Å². The van der Waals surface area contributed by atoms with Crippen LogP contribution >= 0.6 is 23.4 Å². The molecular weight excluding hydrogens is 550 g/mol. The van der Waals surface area contributed by atoms with Crippen LogP contribution in [0.3, 0.4) is 0 Å². The van der Waals surface area contributed by atoms with Crippen molar-refractivity contribution in [3.8, 4) is 0 Å². The van der Waals surface area contributed by atoms with E-state index in [0.717, 1.165) is 53.8 Å². The number of carbonyl (C=O) groups is 1. The number of alkyl carbamates (subject to hydrolysis) is 1. The van der Waals surface area contributed by atoms with Gasteiger partial charge < -0.3 is 20.7 Å². The molecule has 1 saturated heterocycles. The summed E-state index contributed by atoms with van der Waals surface area (Å²) >= 11 is 7.79. The highest BCUT2D eigenvalue weighted by Crippen LogP contribution is 2.51. The van der Waals surface area contributed by atoms with Crippen LogP contribution in [0.25, 0.3) is 5.65 Å². The van der Waals surface area contributed by atoms with E-state index in [4.69, 9.17) is 27.1 Å². The van der Waals surface area contributed by atoms with E-state index in [2.05, 4.69) is 36.4 Å². The minimum Gasteiger partial charge on any atom is -0.444 e. The molecule has 3 N–H and O–H groups in total. The summed E-state index contributed by atoms with van der Waals surface area (Å²) in [4.78, 5) is 30.2. The number of halogens is 1. The number of pyridine rings is 2. The second-order valence-corrected chi connectivity index (χ2v) is 12.7. The number of rotatable bonds is 4. The normalized spacial score (nSPS) is 18.2. The summed E-state index contributed by atoms with van der Waals surface area (Å²) in [5.74, 6) is 1.05. The highest BCUT2D eigenvalue weighted by atomic mass is 35.5. The fourth-order valence-electron chi connectivity index (χ4n) is 5.63. The van der Waals surface area contributed by atoms with Gasteiger partial charge in [-0.25, -0.2) is 19.2 Å². The van der Waals surface area contributed by atoms with Crippen LogP contribution < -0.4 is 16.0 Å². The fraction of sp³-hybridized carbons (Fsp3) is 0.407. The smallest absolute Gasteiger partial charge is 0.408 e. The van der Waals surface area contributed by atoms with E-state index in [-0.39, 0.29) is 17.3 Å². The van der Waals surface area contributed by atoms with Gasteiger partial charge in [-0.2, -0.15) is 0 Å². The first kappa shape index (κ1) is 26.6. The van der Waals surface area contributed by atoms with Crippen molar-refractivity contribution in [3.05, 3.63) is 59.4 Å². The maximum Gasteiger partial charge on any atom is 0.408 e. The molecule has 0 bridgehead atoms. The molecule has 11 nitrogen and oxygen atoms in total. The second-order valence-electron chi connectivity index (χ2n) is 11.2. The minimum atomic E-state index is -0.582. The van der Waals surface area contributed by atoms with Gasteiger partial charge in [0.05, 0.1) is 21.7 Å². The molecule has 13 heteroatoms. The molecule has 1 spiro atoms. The van der Waals surface area contributed by atoms with E-state index < -0.39 is 11.7 Å². The van der Waals surface area contributed by atoms with E-state index in [1.54, 1.807) is 24.9 Å². The van der Waals surface area contributed by atoms with Crippen LogP contribution in [0.1, 0.15) is 50.9 Å². The first-order valence-corrected chi connectivity index (χ1v) is 14.3. The molecule has 1 aliphatic carbocycles. The van der Waals surface area contributed by atoms with Crippen LogP contribution in [-0.2, 0) is 11.2 Å². The SMILES string of the molecule is CC(C)(C)OC(=O)N[C@@H]1c2ncccc2CC12CCN(c1ncc(Sc3ccnc(N)c3Cl)c3nncn13)CC2. The molecule has 1 fully saturated rings. The summed E-state index contributed by atoms with van der Waals surface area (Å²) in [7, 11) is 0. The number of aromatic nitrogens is 6. The molecule has 0 aromatic carbocycles. The van der Waals surface area contributed by atoms with Gasteiger partial charge in [0, 0.05) is 42.0 Å². The third-order valence-corrected chi connectivity index (χ3v) is 9.02. The molecule has 0 unspecified atom stereocenters. The molecule has 1 amide bonds. The Morgan fingerprint density at radius 1 is 1.18 bits per heavy atom. The minimum absolute atomic E-state index is 0.162. The molecule has 1 aliphatic heterocycles. The van der Waals surface area contributed by atoms with Gasteiger partial charge in [-0.1, -0.05) is 29.4 Å². The lowest BCUT2D eigenvalue weighted by Crippen LogP contribution is -2.48. The monoisotopic (exact) mass is 579 g/mol. The van der Waals surface area contributed by atoms with Gasteiger partial charge in [-0.15, -0.1) is 10.2 Å². The Morgan fingerprint density at radius 2 is 1.98 bits per heavy atom. The maximum absolute atomic E-state index is 12.8. The van der Waals surface area contributed by atoms with Crippen LogP contribution in [0.15, 0.2) is 52.9 Å². The maximum atomic E-state index is 12.8. The largest absolute Gasteiger partial charge is 0.444 e. The van der Waals surface area contributed by atoms with Gasteiger partial charge in [0.2, 0.25) is 5.95 Å². The van der Waals surface area contributed by atoms with Gasteiger partial charge in [0.1, 0.15) is 17.7 Å². The number of fused-ring (bicyclic) bond motifs is 2. The van der Waals surface area contributed by atoms with E-state index in [1.807, 2.05) is 37.3 Å². The van der Waals surface area contributed by atoms with Crippen molar-refractivity contribution >= 4 is 46.9 Å². The number of carbonyl (C=O) groups excluding carboxylic acids is 1. The molecule has 4 aromatic rings. The third-order valence-electron chi connectivity index (χ3n) is 7.44. The Labute approximate surface area is 240 Å². The van der Waals surface area contributed by atoms with E-state index in [9.17, 15) is 4.79 Å². The Bertz CT molecular complexity index is 1580. The average Bonchev–Trinajstić information content (AvgIpc) is 3.51. The van der Waals surface area contributed by atoms with Crippen LogP contribution in [0.5, 0.6) is 0 Å². The van der Waals surface area contributed by atoms with Crippen molar-refractivity contribution in [2.75, 3.05) is 23.7 Å². The molecule has 0 radical (unpaired) electrons. The van der Waals surface area contributed by atoms with E-state index in [1.165, 1.54) is 17.3 Å². The van der Waals surface area contributed by atoms with E-state index in [0.29, 0.717) is 10.7 Å². The van der Waals surface area contributed by atoms with Gasteiger partial charge in [-0.3, -0.25) is 4.98 Å². The van der Waals surface area contributed by atoms with Crippen LogP contribution in [0, 0.1) is 5.41 Å². The number of ether oxygens (including phenoxy) is 1. The number of hydrogen-bond donors (Lipinski definition) is 2. The Hall–Kier alpha value is -3.64. The first-order chi connectivity index (χ1) is 19.1. The van der Waals surface area contributed by atoms with Gasteiger partial charge in [0.25, 0.3) is 0 Å². The van der Waals surface area contributed by atoms with Crippen molar-refractivity contribution in [3.63, 3.8) is 0 Å². The summed E-state index contributed by atoms with van der Waals surface area (Å²) in [5, 5.41) is 12.1. The molecule has 40 heavy (non-hydrogen) atoms. The summed E-state index contributed by atoms with van der Waals surface area (Å²) in [6.07, 6.45) is 9.00. The molecule has 4 aromatic heterocycles. The fourth-order valence-corrected chi connectivity index (χ4v) is 6.75. The molecule has 0 saturated carbocycles. The standard InChI is InChI=1S/C27H30ClN9O2S/c1-26(2,3)39-25(38)34-21-20-16(5-4-9-30-20)13-27(21)7-11-36(12-8-27)24-32-14-18(23-35-33-15-37(23)24)40-17-6-10-31-22(29)19(17)28/h4-6,9-10,14-15,21H,7-8,11-13H2,1-3H3,(H2,29,31)(H,34,38)/t21-/m1/s1.